The molecular formula is C20H20N2O. The molecule has 3 rings (SSSR count). The van der Waals surface area contributed by atoms with Crippen LogP contribution in [0.25, 0.3) is 0 Å². The molecule has 0 aliphatic carbocycles. The molecule has 0 aliphatic rings. The molecule has 0 radical (unpaired) electrons. The zero-order chi connectivity index (χ0) is 15.9. The average Bonchev–Trinajstić information content (AvgIpc) is 2.58. The minimum atomic E-state index is 0.736. The summed E-state index contributed by atoms with van der Waals surface area (Å²) in [4.78, 5) is 0. The van der Waals surface area contributed by atoms with Crippen molar-refractivity contribution in [3.8, 4) is 11.5 Å². The van der Waals surface area contributed by atoms with Crippen molar-refractivity contribution in [3.63, 3.8) is 0 Å². The standard InChI is InChI=1S/C20H20N2O/c1-16-6-5-9-20(14-16)23-19-12-10-17(11-13-19)15-21-22-18-7-3-2-4-8-18/h2-14,21-22H,15H2,1H3. The van der Waals surface area contributed by atoms with Crippen LogP contribution < -0.4 is 15.6 Å². The van der Waals surface area contributed by atoms with Crippen LogP contribution in [0, 0.1) is 6.92 Å². The van der Waals surface area contributed by atoms with Crippen LogP contribution in [0.5, 0.6) is 11.5 Å². The lowest BCUT2D eigenvalue weighted by Gasteiger charge is -2.10. The molecule has 0 fully saturated rings. The first-order valence-electron chi connectivity index (χ1n) is 7.67. The quantitative estimate of drug-likeness (QED) is 0.635. The van der Waals surface area contributed by atoms with Crippen molar-refractivity contribution in [1.82, 2.24) is 5.43 Å². The molecule has 0 saturated heterocycles. The Morgan fingerprint density at radius 2 is 1.57 bits per heavy atom. The van der Waals surface area contributed by atoms with Crippen LogP contribution in [0.15, 0.2) is 78.9 Å². The maximum absolute atomic E-state index is 5.85. The smallest absolute Gasteiger partial charge is 0.127 e. The number of para-hydroxylation sites is 1. The second-order valence-corrected chi connectivity index (χ2v) is 5.41. The Balaban J connectivity index is 1.53. The van der Waals surface area contributed by atoms with E-state index in [1.807, 2.05) is 60.7 Å². The van der Waals surface area contributed by atoms with Crippen molar-refractivity contribution >= 4 is 5.69 Å². The highest BCUT2D eigenvalue weighted by Gasteiger charge is 1.99. The lowest BCUT2D eigenvalue weighted by Crippen LogP contribution is -2.20. The number of nitrogens with one attached hydrogen (secondary N) is 2. The summed E-state index contributed by atoms with van der Waals surface area (Å²) in [5.74, 6) is 1.71. The van der Waals surface area contributed by atoms with Gasteiger partial charge < -0.3 is 10.2 Å². The van der Waals surface area contributed by atoms with E-state index in [9.17, 15) is 0 Å². The highest BCUT2D eigenvalue weighted by molar-refractivity contribution is 5.41. The van der Waals surface area contributed by atoms with Gasteiger partial charge in [-0.2, -0.15) is 0 Å². The molecule has 0 amide bonds. The van der Waals surface area contributed by atoms with E-state index in [1.165, 1.54) is 11.1 Å². The van der Waals surface area contributed by atoms with Crippen molar-refractivity contribution in [2.24, 2.45) is 0 Å². The maximum atomic E-state index is 5.85. The summed E-state index contributed by atoms with van der Waals surface area (Å²) in [5.41, 5.74) is 9.80. The molecule has 116 valence electrons. The Kier molecular flexibility index (Phi) is 4.92. The highest BCUT2D eigenvalue weighted by Crippen LogP contribution is 2.22. The molecular weight excluding hydrogens is 284 g/mol. The maximum Gasteiger partial charge on any atom is 0.127 e. The molecule has 2 N–H and O–H groups in total. The second kappa shape index (κ2) is 7.47. The summed E-state index contributed by atoms with van der Waals surface area (Å²) in [6.07, 6.45) is 0. The first kappa shape index (κ1) is 15.1. The van der Waals surface area contributed by atoms with E-state index < -0.39 is 0 Å². The van der Waals surface area contributed by atoms with Crippen LogP contribution in [0.2, 0.25) is 0 Å². The van der Waals surface area contributed by atoms with E-state index in [-0.39, 0.29) is 0 Å². The third-order valence-corrected chi connectivity index (χ3v) is 3.45. The number of hydrogen-bond acceptors (Lipinski definition) is 3. The minimum Gasteiger partial charge on any atom is -0.457 e. The van der Waals surface area contributed by atoms with Gasteiger partial charge in [0.05, 0.1) is 0 Å². The fourth-order valence-corrected chi connectivity index (χ4v) is 2.26. The molecule has 3 aromatic carbocycles. The van der Waals surface area contributed by atoms with Gasteiger partial charge in [0.15, 0.2) is 0 Å². The summed E-state index contributed by atoms with van der Waals surface area (Å²) < 4.78 is 5.85. The van der Waals surface area contributed by atoms with Gasteiger partial charge in [-0.05, 0) is 54.4 Å². The van der Waals surface area contributed by atoms with E-state index in [4.69, 9.17) is 4.74 Å². The fourth-order valence-electron chi connectivity index (χ4n) is 2.26. The zero-order valence-corrected chi connectivity index (χ0v) is 13.1. The Morgan fingerprint density at radius 1 is 0.783 bits per heavy atom. The summed E-state index contributed by atoms with van der Waals surface area (Å²) in [5, 5.41) is 0. The fraction of sp³-hybridized carbons (Fsp3) is 0.100. The van der Waals surface area contributed by atoms with E-state index in [0.717, 1.165) is 23.7 Å². The lowest BCUT2D eigenvalue weighted by molar-refractivity contribution is 0.482. The molecule has 0 atom stereocenters. The van der Waals surface area contributed by atoms with E-state index in [2.05, 4.69) is 36.0 Å². The lowest BCUT2D eigenvalue weighted by atomic mass is 10.2. The van der Waals surface area contributed by atoms with E-state index in [0.29, 0.717) is 0 Å². The predicted molar refractivity (Wildman–Crippen MR) is 94.6 cm³/mol. The Hall–Kier alpha value is -2.78. The SMILES string of the molecule is Cc1cccc(Oc2ccc(CNNc3ccccc3)cc2)c1. The number of ether oxygens (including phenoxy) is 1. The normalized spacial score (nSPS) is 10.3. The van der Waals surface area contributed by atoms with Crippen molar-refractivity contribution in [2.45, 2.75) is 13.5 Å². The Labute approximate surface area is 136 Å². The molecule has 0 spiro atoms. The third kappa shape index (κ3) is 4.59. The molecule has 23 heavy (non-hydrogen) atoms. The van der Waals surface area contributed by atoms with Crippen molar-refractivity contribution in [2.75, 3.05) is 5.43 Å². The molecule has 0 aliphatic heterocycles. The van der Waals surface area contributed by atoms with Crippen LogP contribution in [0.1, 0.15) is 11.1 Å². The first-order valence-corrected chi connectivity index (χ1v) is 7.67. The molecule has 0 aromatic heterocycles. The number of rotatable bonds is 6. The van der Waals surface area contributed by atoms with Crippen molar-refractivity contribution < 1.29 is 4.74 Å². The van der Waals surface area contributed by atoms with Gasteiger partial charge in [0, 0.05) is 12.2 Å². The second-order valence-electron chi connectivity index (χ2n) is 5.41. The number of aryl methyl sites for hydroxylation is 1. The minimum absolute atomic E-state index is 0.736. The predicted octanol–water partition coefficient (Wildman–Crippen LogP) is 4.90. The van der Waals surface area contributed by atoms with Gasteiger partial charge >= 0.3 is 0 Å². The van der Waals surface area contributed by atoms with Crippen molar-refractivity contribution in [1.29, 1.82) is 0 Å². The summed E-state index contributed by atoms with van der Waals surface area (Å²) in [7, 11) is 0. The van der Waals surface area contributed by atoms with E-state index in [1.54, 1.807) is 0 Å². The van der Waals surface area contributed by atoms with Gasteiger partial charge in [0.1, 0.15) is 11.5 Å². The Bertz CT molecular complexity index is 739. The molecule has 3 heteroatoms. The number of anilines is 1. The molecule has 0 bridgehead atoms. The van der Waals surface area contributed by atoms with Gasteiger partial charge in [0.25, 0.3) is 0 Å². The largest absolute Gasteiger partial charge is 0.457 e. The van der Waals surface area contributed by atoms with Crippen molar-refractivity contribution in [3.05, 3.63) is 90.0 Å². The molecule has 3 nitrogen and oxygen atoms in total. The van der Waals surface area contributed by atoms with Crippen LogP contribution in [-0.4, -0.2) is 0 Å². The van der Waals surface area contributed by atoms with Gasteiger partial charge in [-0.3, -0.25) is 0 Å². The number of hydrazine groups is 1. The van der Waals surface area contributed by atoms with Crippen LogP contribution >= 0.6 is 0 Å². The van der Waals surface area contributed by atoms with Crippen LogP contribution in [-0.2, 0) is 6.54 Å². The van der Waals surface area contributed by atoms with E-state index >= 15 is 0 Å². The average molecular weight is 304 g/mol. The van der Waals surface area contributed by atoms with Crippen LogP contribution in [0.4, 0.5) is 5.69 Å². The molecule has 0 heterocycles. The summed E-state index contributed by atoms with van der Waals surface area (Å²) in [6.45, 7) is 2.79. The first-order chi connectivity index (χ1) is 11.3. The van der Waals surface area contributed by atoms with Gasteiger partial charge in [-0.25, -0.2) is 5.43 Å². The molecule has 0 unspecified atom stereocenters. The number of benzene rings is 3. The summed E-state index contributed by atoms with van der Waals surface area (Å²) in [6, 6.07) is 26.2. The molecule has 3 aromatic rings. The third-order valence-electron chi connectivity index (χ3n) is 3.45. The zero-order valence-electron chi connectivity index (χ0n) is 13.1. The monoisotopic (exact) mass is 304 g/mol. The van der Waals surface area contributed by atoms with Gasteiger partial charge in [-0.15, -0.1) is 0 Å². The van der Waals surface area contributed by atoms with Gasteiger partial charge in [0.2, 0.25) is 0 Å². The van der Waals surface area contributed by atoms with Gasteiger partial charge in [-0.1, -0.05) is 42.5 Å². The Morgan fingerprint density at radius 3 is 2.30 bits per heavy atom. The van der Waals surface area contributed by atoms with Crippen LogP contribution in [0.3, 0.4) is 0 Å². The topological polar surface area (TPSA) is 33.3 Å². The highest BCUT2D eigenvalue weighted by atomic mass is 16.5. The summed E-state index contributed by atoms with van der Waals surface area (Å²) >= 11 is 0. The number of hydrogen-bond donors (Lipinski definition) is 2. The molecule has 0 saturated carbocycles.